The molecule has 1 aliphatic rings. The van der Waals surface area contributed by atoms with Gasteiger partial charge in [0, 0.05) is 51.4 Å². The van der Waals surface area contributed by atoms with Crippen LogP contribution >= 0.6 is 0 Å². The summed E-state index contributed by atoms with van der Waals surface area (Å²) < 4.78 is 0. The number of para-hydroxylation sites is 1. The van der Waals surface area contributed by atoms with Crippen LogP contribution in [-0.2, 0) is 11.3 Å². The summed E-state index contributed by atoms with van der Waals surface area (Å²) >= 11 is 0. The second-order valence-electron chi connectivity index (χ2n) is 6.63. The highest BCUT2D eigenvalue weighted by Gasteiger charge is 2.20. The van der Waals surface area contributed by atoms with E-state index in [-0.39, 0.29) is 5.91 Å². The fourth-order valence-corrected chi connectivity index (χ4v) is 3.23. The zero-order chi connectivity index (χ0) is 17.5. The van der Waals surface area contributed by atoms with E-state index in [0.717, 1.165) is 38.4 Å². The Morgan fingerprint density at radius 3 is 2.36 bits per heavy atom. The molecular weight excluding hydrogens is 310 g/mol. The van der Waals surface area contributed by atoms with Gasteiger partial charge in [0.25, 0.3) is 0 Å². The number of piperazine rings is 1. The normalized spacial score (nSPS) is 15.2. The van der Waals surface area contributed by atoms with Crippen LogP contribution in [0.25, 0.3) is 0 Å². The van der Waals surface area contributed by atoms with Gasteiger partial charge in [0.05, 0.1) is 0 Å². The first-order valence-corrected chi connectivity index (χ1v) is 9.06. The Labute approximate surface area is 150 Å². The van der Waals surface area contributed by atoms with Crippen LogP contribution in [0.1, 0.15) is 17.5 Å². The third-order valence-electron chi connectivity index (χ3n) is 4.77. The smallest absolute Gasteiger partial charge is 0.224 e. The van der Waals surface area contributed by atoms with Crippen LogP contribution in [-0.4, -0.2) is 48.4 Å². The highest BCUT2D eigenvalue weighted by molar-refractivity contribution is 5.77. The van der Waals surface area contributed by atoms with Crippen LogP contribution in [0.15, 0.2) is 54.6 Å². The van der Waals surface area contributed by atoms with Crippen LogP contribution < -0.4 is 5.32 Å². The SMILES string of the molecule is Cc1ccccc1NCCC(=O)N1CCN(Cc2ccccc2)CC1. The first-order valence-electron chi connectivity index (χ1n) is 9.06. The van der Waals surface area contributed by atoms with E-state index < -0.39 is 0 Å². The number of hydrogen-bond acceptors (Lipinski definition) is 3. The Morgan fingerprint density at radius 2 is 1.64 bits per heavy atom. The highest BCUT2D eigenvalue weighted by atomic mass is 16.2. The summed E-state index contributed by atoms with van der Waals surface area (Å²) in [5, 5.41) is 3.37. The van der Waals surface area contributed by atoms with E-state index in [1.807, 2.05) is 23.1 Å². The standard InChI is InChI=1S/C21H27N3O/c1-18-7-5-6-10-20(18)22-12-11-21(25)24-15-13-23(14-16-24)17-19-8-3-2-4-9-19/h2-10,22H,11-17H2,1H3. The van der Waals surface area contributed by atoms with Gasteiger partial charge < -0.3 is 10.2 Å². The van der Waals surface area contributed by atoms with Crippen molar-refractivity contribution in [2.45, 2.75) is 19.9 Å². The lowest BCUT2D eigenvalue weighted by atomic mass is 10.2. The number of amides is 1. The van der Waals surface area contributed by atoms with Crippen molar-refractivity contribution in [1.82, 2.24) is 9.80 Å². The molecular formula is C21H27N3O. The number of anilines is 1. The molecule has 4 heteroatoms. The maximum Gasteiger partial charge on any atom is 0.224 e. The largest absolute Gasteiger partial charge is 0.384 e. The number of benzene rings is 2. The van der Waals surface area contributed by atoms with Crippen molar-refractivity contribution < 1.29 is 4.79 Å². The number of aryl methyl sites for hydroxylation is 1. The second-order valence-corrected chi connectivity index (χ2v) is 6.63. The summed E-state index contributed by atoms with van der Waals surface area (Å²) in [6.07, 6.45) is 0.549. The van der Waals surface area contributed by atoms with Crippen molar-refractivity contribution in [2.24, 2.45) is 0 Å². The molecule has 0 spiro atoms. The monoisotopic (exact) mass is 337 g/mol. The van der Waals surface area contributed by atoms with Crippen molar-refractivity contribution in [3.8, 4) is 0 Å². The average Bonchev–Trinajstić information content (AvgIpc) is 2.65. The molecule has 1 fully saturated rings. The summed E-state index contributed by atoms with van der Waals surface area (Å²) in [5.74, 6) is 0.250. The molecule has 0 saturated carbocycles. The van der Waals surface area contributed by atoms with Crippen LogP contribution in [0, 0.1) is 6.92 Å². The van der Waals surface area contributed by atoms with Gasteiger partial charge in [-0.15, -0.1) is 0 Å². The van der Waals surface area contributed by atoms with Crippen LogP contribution in [0.5, 0.6) is 0 Å². The number of hydrogen-bond donors (Lipinski definition) is 1. The number of nitrogens with one attached hydrogen (secondary N) is 1. The molecule has 25 heavy (non-hydrogen) atoms. The van der Waals surface area contributed by atoms with Gasteiger partial charge in [0.2, 0.25) is 5.91 Å². The van der Waals surface area contributed by atoms with Gasteiger partial charge in [-0.05, 0) is 24.1 Å². The van der Waals surface area contributed by atoms with E-state index >= 15 is 0 Å². The molecule has 0 unspecified atom stereocenters. The van der Waals surface area contributed by atoms with E-state index in [0.29, 0.717) is 13.0 Å². The highest BCUT2D eigenvalue weighted by Crippen LogP contribution is 2.13. The molecule has 0 aromatic heterocycles. The third kappa shape index (κ3) is 5.07. The Hall–Kier alpha value is -2.33. The van der Waals surface area contributed by atoms with Crippen molar-refractivity contribution in [2.75, 3.05) is 38.0 Å². The lowest BCUT2D eigenvalue weighted by molar-refractivity contribution is -0.132. The molecule has 2 aromatic rings. The molecule has 0 radical (unpaired) electrons. The molecule has 132 valence electrons. The minimum atomic E-state index is 0.250. The van der Waals surface area contributed by atoms with Crippen molar-refractivity contribution >= 4 is 11.6 Å². The molecule has 1 N–H and O–H groups in total. The predicted octanol–water partition coefficient (Wildman–Crippen LogP) is 3.14. The van der Waals surface area contributed by atoms with Crippen molar-refractivity contribution in [1.29, 1.82) is 0 Å². The summed E-state index contributed by atoms with van der Waals surface area (Å²) in [5.41, 5.74) is 3.66. The van der Waals surface area contributed by atoms with Crippen molar-refractivity contribution in [3.05, 3.63) is 65.7 Å². The second kappa shape index (κ2) is 8.67. The average molecular weight is 337 g/mol. The van der Waals surface area contributed by atoms with E-state index in [1.54, 1.807) is 0 Å². The maximum atomic E-state index is 12.4. The van der Waals surface area contributed by atoms with E-state index in [2.05, 4.69) is 53.5 Å². The quantitative estimate of drug-likeness (QED) is 0.880. The van der Waals surface area contributed by atoms with Gasteiger partial charge in [-0.2, -0.15) is 0 Å². The Balaban J connectivity index is 1.39. The number of nitrogens with zero attached hydrogens (tertiary/aromatic N) is 2. The van der Waals surface area contributed by atoms with Crippen LogP contribution in [0.2, 0.25) is 0 Å². The third-order valence-corrected chi connectivity index (χ3v) is 4.77. The van der Waals surface area contributed by atoms with Crippen LogP contribution in [0.4, 0.5) is 5.69 Å². The molecule has 1 heterocycles. The lowest BCUT2D eigenvalue weighted by Gasteiger charge is -2.34. The van der Waals surface area contributed by atoms with Gasteiger partial charge in [0.15, 0.2) is 0 Å². The van der Waals surface area contributed by atoms with E-state index in [1.165, 1.54) is 11.1 Å². The predicted molar refractivity (Wildman–Crippen MR) is 103 cm³/mol. The summed E-state index contributed by atoms with van der Waals surface area (Å²) in [7, 11) is 0. The fourth-order valence-electron chi connectivity index (χ4n) is 3.23. The van der Waals surface area contributed by atoms with Gasteiger partial charge in [-0.25, -0.2) is 0 Å². The summed E-state index contributed by atoms with van der Waals surface area (Å²) in [4.78, 5) is 16.8. The Kier molecular flexibility index (Phi) is 6.07. The molecule has 4 nitrogen and oxygen atoms in total. The molecule has 1 saturated heterocycles. The van der Waals surface area contributed by atoms with Gasteiger partial charge in [-0.3, -0.25) is 9.69 Å². The Bertz CT molecular complexity index is 679. The van der Waals surface area contributed by atoms with Crippen LogP contribution in [0.3, 0.4) is 0 Å². The molecule has 0 atom stereocenters. The van der Waals surface area contributed by atoms with Crippen molar-refractivity contribution in [3.63, 3.8) is 0 Å². The summed E-state index contributed by atoms with van der Waals surface area (Å²) in [6.45, 7) is 7.30. The number of carbonyl (C=O) groups excluding carboxylic acids is 1. The number of carbonyl (C=O) groups is 1. The topological polar surface area (TPSA) is 35.6 Å². The summed E-state index contributed by atoms with van der Waals surface area (Å²) in [6, 6.07) is 18.7. The molecule has 0 aliphatic carbocycles. The van der Waals surface area contributed by atoms with E-state index in [4.69, 9.17) is 0 Å². The molecule has 3 rings (SSSR count). The molecule has 2 aromatic carbocycles. The van der Waals surface area contributed by atoms with Gasteiger partial charge >= 0.3 is 0 Å². The fraction of sp³-hybridized carbons (Fsp3) is 0.381. The lowest BCUT2D eigenvalue weighted by Crippen LogP contribution is -2.48. The molecule has 0 bridgehead atoms. The first kappa shape index (κ1) is 17.5. The molecule has 1 amide bonds. The zero-order valence-electron chi connectivity index (χ0n) is 14.9. The Morgan fingerprint density at radius 1 is 0.960 bits per heavy atom. The minimum absolute atomic E-state index is 0.250. The zero-order valence-corrected chi connectivity index (χ0v) is 14.9. The van der Waals surface area contributed by atoms with Gasteiger partial charge in [0.1, 0.15) is 0 Å². The number of rotatable bonds is 6. The van der Waals surface area contributed by atoms with Gasteiger partial charge in [-0.1, -0.05) is 48.5 Å². The molecule has 1 aliphatic heterocycles. The maximum absolute atomic E-state index is 12.4. The van der Waals surface area contributed by atoms with E-state index in [9.17, 15) is 4.79 Å². The minimum Gasteiger partial charge on any atom is -0.384 e. The first-order chi connectivity index (χ1) is 12.2.